The highest BCUT2D eigenvalue weighted by molar-refractivity contribution is 5.95. The highest BCUT2D eigenvalue weighted by Crippen LogP contribution is 2.20. The van der Waals surface area contributed by atoms with Crippen molar-refractivity contribution < 1.29 is 4.79 Å². The molecule has 0 spiro atoms. The van der Waals surface area contributed by atoms with Gasteiger partial charge in [0.05, 0.1) is 5.52 Å². The van der Waals surface area contributed by atoms with Crippen molar-refractivity contribution in [3.63, 3.8) is 0 Å². The molecular weight excluding hydrogens is 258 g/mol. The molecule has 0 amide bonds. The van der Waals surface area contributed by atoms with Gasteiger partial charge in [-0.25, -0.2) is 0 Å². The van der Waals surface area contributed by atoms with Gasteiger partial charge in [0.2, 0.25) is 0 Å². The van der Waals surface area contributed by atoms with Crippen molar-refractivity contribution in [1.29, 1.82) is 0 Å². The Labute approximate surface area is 124 Å². The van der Waals surface area contributed by atoms with Gasteiger partial charge in [-0.05, 0) is 29.7 Å². The molecule has 0 saturated carbocycles. The summed E-state index contributed by atoms with van der Waals surface area (Å²) in [5.41, 5.74) is 4.28. The van der Waals surface area contributed by atoms with Crippen LogP contribution in [0, 0.1) is 0 Å². The van der Waals surface area contributed by atoms with Crippen molar-refractivity contribution in [2.45, 2.75) is 19.8 Å². The Morgan fingerprint density at radius 3 is 2.52 bits per heavy atom. The molecule has 21 heavy (non-hydrogen) atoms. The lowest BCUT2D eigenvalue weighted by Crippen LogP contribution is -1.97. The van der Waals surface area contributed by atoms with Crippen molar-refractivity contribution in [3.05, 3.63) is 77.5 Å². The van der Waals surface area contributed by atoms with Crippen molar-refractivity contribution >= 4 is 16.7 Å². The standard InChI is InChI=1S/C19H17NO/c1-2-19(21)15-9-7-14(8-10-15)13-16-11-12-20-18-6-4-3-5-17(16)18/h3-12H,2,13H2,1H3. The fourth-order valence-electron chi connectivity index (χ4n) is 2.54. The molecule has 104 valence electrons. The van der Waals surface area contributed by atoms with Crippen LogP contribution < -0.4 is 0 Å². The van der Waals surface area contributed by atoms with Gasteiger partial charge in [-0.15, -0.1) is 0 Å². The van der Waals surface area contributed by atoms with Gasteiger partial charge in [0.15, 0.2) is 5.78 Å². The summed E-state index contributed by atoms with van der Waals surface area (Å²) in [5, 5.41) is 1.19. The molecule has 0 N–H and O–H groups in total. The van der Waals surface area contributed by atoms with Gasteiger partial charge < -0.3 is 0 Å². The highest BCUT2D eigenvalue weighted by Gasteiger charge is 2.05. The van der Waals surface area contributed by atoms with Crippen LogP contribution in [-0.4, -0.2) is 10.8 Å². The molecule has 0 aliphatic rings. The predicted octanol–water partition coefficient (Wildman–Crippen LogP) is 4.42. The maximum atomic E-state index is 11.6. The van der Waals surface area contributed by atoms with Crippen LogP contribution in [0.2, 0.25) is 0 Å². The zero-order chi connectivity index (χ0) is 14.7. The average molecular weight is 275 g/mol. The second-order valence-electron chi connectivity index (χ2n) is 5.14. The van der Waals surface area contributed by atoms with E-state index in [1.807, 2.05) is 55.6 Å². The lowest BCUT2D eigenvalue weighted by molar-refractivity contribution is 0.0988. The summed E-state index contributed by atoms with van der Waals surface area (Å²) in [6.07, 6.45) is 3.25. The second kappa shape index (κ2) is 5.88. The summed E-state index contributed by atoms with van der Waals surface area (Å²) in [5.74, 6) is 0.191. The molecule has 0 saturated heterocycles. The van der Waals surface area contributed by atoms with Crippen molar-refractivity contribution in [2.24, 2.45) is 0 Å². The number of carbonyl (C=O) groups excluding carboxylic acids is 1. The van der Waals surface area contributed by atoms with E-state index < -0.39 is 0 Å². The lowest BCUT2D eigenvalue weighted by atomic mass is 9.99. The smallest absolute Gasteiger partial charge is 0.162 e. The van der Waals surface area contributed by atoms with Gasteiger partial charge in [0, 0.05) is 23.6 Å². The van der Waals surface area contributed by atoms with Crippen molar-refractivity contribution in [3.8, 4) is 0 Å². The number of ketones is 1. The zero-order valence-electron chi connectivity index (χ0n) is 12.0. The van der Waals surface area contributed by atoms with E-state index in [1.165, 1.54) is 16.5 Å². The maximum Gasteiger partial charge on any atom is 0.162 e. The maximum absolute atomic E-state index is 11.6. The number of hydrogen-bond acceptors (Lipinski definition) is 2. The van der Waals surface area contributed by atoms with Crippen LogP contribution in [-0.2, 0) is 6.42 Å². The number of nitrogens with zero attached hydrogens (tertiary/aromatic N) is 1. The fraction of sp³-hybridized carbons (Fsp3) is 0.158. The summed E-state index contributed by atoms with van der Waals surface area (Å²) in [6, 6.07) is 18.2. The minimum atomic E-state index is 0.191. The minimum Gasteiger partial charge on any atom is -0.294 e. The molecule has 0 fully saturated rings. The first-order chi connectivity index (χ1) is 10.3. The number of fused-ring (bicyclic) bond motifs is 1. The van der Waals surface area contributed by atoms with Crippen LogP contribution in [0.3, 0.4) is 0 Å². The fourth-order valence-corrected chi connectivity index (χ4v) is 2.54. The molecule has 1 aromatic heterocycles. The molecule has 2 nitrogen and oxygen atoms in total. The molecule has 1 heterocycles. The SMILES string of the molecule is CCC(=O)c1ccc(Cc2ccnc3ccccc23)cc1. The average Bonchev–Trinajstić information content (AvgIpc) is 2.55. The molecule has 0 bridgehead atoms. The molecule has 0 radical (unpaired) electrons. The van der Waals surface area contributed by atoms with Gasteiger partial charge in [0.1, 0.15) is 0 Å². The number of Topliss-reactive ketones (excluding diaryl/α,β-unsaturated/α-hetero) is 1. The summed E-state index contributed by atoms with van der Waals surface area (Å²) >= 11 is 0. The van der Waals surface area contributed by atoms with Crippen LogP contribution >= 0.6 is 0 Å². The highest BCUT2D eigenvalue weighted by atomic mass is 16.1. The molecule has 2 aromatic carbocycles. The minimum absolute atomic E-state index is 0.191. The van der Waals surface area contributed by atoms with Gasteiger partial charge in [-0.3, -0.25) is 9.78 Å². The Morgan fingerprint density at radius 1 is 1.00 bits per heavy atom. The molecule has 0 aliphatic heterocycles. The first-order valence-corrected chi connectivity index (χ1v) is 7.22. The molecule has 3 aromatic rings. The summed E-state index contributed by atoms with van der Waals surface area (Å²) < 4.78 is 0. The van der Waals surface area contributed by atoms with Gasteiger partial charge in [-0.2, -0.15) is 0 Å². The van der Waals surface area contributed by atoms with Crippen LogP contribution in [0.1, 0.15) is 34.8 Å². The van der Waals surface area contributed by atoms with Crippen LogP contribution in [0.15, 0.2) is 60.8 Å². The molecule has 2 heteroatoms. The Balaban J connectivity index is 1.90. The number of pyridine rings is 1. The van der Waals surface area contributed by atoms with Crippen molar-refractivity contribution in [1.82, 2.24) is 4.98 Å². The molecule has 0 atom stereocenters. The summed E-state index contributed by atoms with van der Waals surface area (Å²) in [4.78, 5) is 16.0. The third-order valence-electron chi connectivity index (χ3n) is 3.73. The monoisotopic (exact) mass is 275 g/mol. The number of rotatable bonds is 4. The Bertz CT molecular complexity index is 770. The topological polar surface area (TPSA) is 30.0 Å². The second-order valence-corrected chi connectivity index (χ2v) is 5.14. The Hall–Kier alpha value is -2.48. The molecule has 0 aliphatic carbocycles. The normalized spacial score (nSPS) is 10.7. The largest absolute Gasteiger partial charge is 0.294 e. The molecule has 0 unspecified atom stereocenters. The number of benzene rings is 2. The number of para-hydroxylation sites is 1. The van der Waals surface area contributed by atoms with Crippen LogP contribution in [0.4, 0.5) is 0 Å². The van der Waals surface area contributed by atoms with E-state index in [1.54, 1.807) is 0 Å². The number of carbonyl (C=O) groups is 1. The number of aromatic nitrogens is 1. The summed E-state index contributed by atoms with van der Waals surface area (Å²) in [7, 11) is 0. The van der Waals surface area contributed by atoms with Crippen LogP contribution in [0.25, 0.3) is 10.9 Å². The summed E-state index contributed by atoms with van der Waals surface area (Å²) in [6.45, 7) is 1.89. The van der Waals surface area contributed by atoms with E-state index in [0.29, 0.717) is 6.42 Å². The first kappa shape index (κ1) is 13.5. The van der Waals surface area contributed by atoms with E-state index in [2.05, 4.69) is 17.1 Å². The van der Waals surface area contributed by atoms with Crippen molar-refractivity contribution in [2.75, 3.05) is 0 Å². The van der Waals surface area contributed by atoms with Gasteiger partial charge >= 0.3 is 0 Å². The molecular formula is C19H17NO. The lowest BCUT2D eigenvalue weighted by Gasteiger charge is -2.07. The quantitative estimate of drug-likeness (QED) is 0.660. The Morgan fingerprint density at radius 2 is 1.76 bits per heavy atom. The van der Waals surface area contributed by atoms with Gasteiger partial charge in [0.25, 0.3) is 0 Å². The third-order valence-corrected chi connectivity index (χ3v) is 3.73. The van der Waals surface area contributed by atoms with E-state index in [9.17, 15) is 4.79 Å². The van der Waals surface area contributed by atoms with E-state index in [-0.39, 0.29) is 5.78 Å². The Kier molecular flexibility index (Phi) is 3.78. The third kappa shape index (κ3) is 2.84. The zero-order valence-corrected chi connectivity index (χ0v) is 12.0. The van der Waals surface area contributed by atoms with Gasteiger partial charge in [-0.1, -0.05) is 49.4 Å². The predicted molar refractivity (Wildman–Crippen MR) is 85.6 cm³/mol. The number of hydrogen-bond donors (Lipinski definition) is 0. The van der Waals surface area contributed by atoms with E-state index in [4.69, 9.17) is 0 Å². The van der Waals surface area contributed by atoms with Crippen LogP contribution in [0.5, 0.6) is 0 Å². The van der Waals surface area contributed by atoms with E-state index >= 15 is 0 Å². The molecule has 3 rings (SSSR count). The van der Waals surface area contributed by atoms with E-state index in [0.717, 1.165) is 17.5 Å². The first-order valence-electron chi connectivity index (χ1n) is 7.22.